The van der Waals surface area contributed by atoms with E-state index < -0.39 is 9.84 Å². The maximum atomic E-state index is 11.7. The maximum Gasteiger partial charge on any atom is 0.193 e. The smallest absolute Gasteiger partial charge is 0.193 e. The van der Waals surface area contributed by atoms with E-state index in [2.05, 4.69) is 17.1 Å². The largest absolute Gasteiger partial charge is 0.356 e. The second-order valence-corrected chi connectivity index (χ2v) is 10.7. The predicted octanol–water partition coefficient (Wildman–Crippen LogP) is 2.68. The number of aliphatic imine (C=N–C) groups is 1. The van der Waals surface area contributed by atoms with Crippen molar-refractivity contribution in [2.45, 2.75) is 58.3 Å². The van der Waals surface area contributed by atoms with Gasteiger partial charge < -0.3 is 10.2 Å². The first-order valence-electron chi connectivity index (χ1n) is 10.3. The fraction of sp³-hybridized carbons (Fsp3) is 0.947. The van der Waals surface area contributed by atoms with Crippen LogP contribution in [0.4, 0.5) is 0 Å². The van der Waals surface area contributed by atoms with Crippen molar-refractivity contribution in [3.05, 3.63) is 0 Å². The summed E-state index contributed by atoms with van der Waals surface area (Å²) in [6.45, 7) is 6.13. The maximum absolute atomic E-state index is 11.7. The molecule has 6 heteroatoms. The lowest BCUT2D eigenvalue weighted by Crippen LogP contribution is -2.47. The summed E-state index contributed by atoms with van der Waals surface area (Å²) >= 11 is 0. The molecular weight excluding hydrogens is 334 g/mol. The van der Waals surface area contributed by atoms with Crippen molar-refractivity contribution in [2.24, 2.45) is 22.7 Å². The highest BCUT2D eigenvalue weighted by molar-refractivity contribution is 7.91. The average Bonchev–Trinajstić information content (AvgIpc) is 2.95. The first kappa shape index (κ1) is 19.0. The fourth-order valence-electron chi connectivity index (χ4n) is 4.51. The highest BCUT2D eigenvalue weighted by atomic mass is 32.2. The molecule has 5 nitrogen and oxygen atoms in total. The zero-order valence-electron chi connectivity index (χ0n) is 15.8. The third-order valence-electron chi connectivity index (χ3n) is 6.06. The van der Waals surface area contributed by atoms with Gasteiger partial charge in [0.25, 0.3) is 0 Å². The molecule has 0 aromatic heterocycles. The van der Waals surface area contributed by atoms with Crippen LogP contribution < -0.4 is 5.32 Å². The van der Waals surface area contributed by atoms with Gasteiger partial charge in [-0.05, 0) is 49.9 Å². The molecular formula is C19H35N3O2S. The number of guanidine groups is 1. The number of piperidine rings is 1. The molecule has 144 valence electrons. The highest BCUT2D eigenvalue weighted by Gasteiger charge is 2.28. The minimum Gasteiger partial charge on any atom is -0.356 e. The zero-order chi connectivity index (χ0) is 17.7. The average molecular weight is 370 g/mol. The van der Waals surface area contributed by atoms with E-state index in [1.165, 1.54) is 44.9 Å². The van der Waals surface area contributed by atoms with Crippen LogP contribution in [0.15, 0.2) is 4.99 Å². The van der Waals surface area contributed by atoms with Gasteiger partial charge in [-0.1, -0.05) is 26.2 Å². The Morgan fingerprint density at radius 3 is 2.56 bits per heavy atom. The lowest BCUT2D eigenvalue weighted by Gasteiger charge is -2.34. The number of likely N-dealkylation sites (tertiary alicyclic amines) is 1. The van der Waals surface area contributed by atoms with Crippen LogP contribution in [-0.2, 0) is 9.84 Å². The zero-order valence-corrected chi connectivity index (χ0v) is 16.6. The van der Waals surface area contributed by atoms with Gasteiger partial charge in [-0.2, -0.15) is 0 Å². The summed E-state index contributed by atoms with van der Waals surface area (Å²) in [5.41, 5.74) is 0. The summed E-state index contributed by atoms with van der Waals surface area (Å²) in [7, 11) is -2.81. The number of rotatable bonds is 4. The molecule has 0 bridgehead atoms. The van der Waals surface area contributed by atoms with Crippen LogP contribution in [0.5, 0.6) is 0 Å². The fourth-order valence-corrected chi connectivity index (χ4v) is 6.36. The predicted molar refractivity (Wildman–Crippen MR) is 104 cm³/mol. The van der Waals surface area contributed by atoms with Crippen LogP contribution in [0.3, 0.4) is 0 Å². The molecule has 2 saturated heterocycles. The van der Waals surface area contributed by atoms with Gasteiger partial charge in [0.2, 0.25) is 0 Å². The summed E-state index contributed by atoms with van der Waals surface area (Å²) < 4.78 is 23.4. The minimum atomic E-state index is -2.81. The van der Waals surface area contributed by atoms with Gasteiger partial charge >= 0.3 is 0 Å². The SMILES string of the molecule is CC1CCCN(C(=NCC2CCS(=O)(=O)C2)NCC2CCCCC2)C1. The van der Waals surface area contributed by atoms with Crippen LogP contribution in [0.2, 0.25) is 0 Å². The molecule has 3 fully saturated rings. The summed E-state index contributed by atoms with van der Waals surface area (Å²) in [6.07, 6.45) is 10.1. The van der Waals surface area contributed by atoms with Crippen LogP contribution >= 0.6 is 0 Å². The molecule has 0 aromatic carbocycles. The van der Waals surface area contributed by atoms with E-state index in [-0.39, 0.29) is 5.92 Å². The summed E-state index contributed by atoms with van der Waals surface area (Å²) in [5.74, 6) is 3.39. The van der Waals surface area contributed by atoms with Crippen LogP contribution in [-0.4, -0.2) is 57.0 Å². The quantitative estimate of drug-likeness (QED) is 0.611. The molecule has 2 atom stereocenters. The van der Waals surface area contributed by atoms with Gasteiger partial charge in [0.15, 0.2) is 15.8 Å². The van der Waals surface area contributed by atoms with E-state index in [0.717, 1.165) is 37.9 Å². The Kier molecular flexibility index (Phi) is 6.64. The number of nitrogens with zero attached hydrogens (tertiary/aromatic N) is 2. The van der Waals surface area contributed by atoms with Crippen LogP contribution in [0.1, 0.15) is 58.3 Å². The normalized spacial score (nSPS) is 31.2. The second kappa shape index (κ2) is 8.74. The molecule has 2 heterocycles. The van der Waals surface area contributed by atoms with Crippen molar-refractivity contribution in [2.75, 3.05) is 37.7 Å². The third kappa shape index (κ3) is 5.87. The van der Waals surface area contributed by atoms with Gasteiger partial charge in [-0.25, -0.2) is 8.42 Å². The second-order valence-electron chi connectivity index (χ2n) is 8.51. The lowest BCUT2D eigenvalue weighted by atomic mass is 9.89. The van der Waals surface area contributed by atoms with Crippen LogP contribution in [0.25, 0.3) is 0 Å². The summed E-state index contributed by atoms with van der Waals surface area (Å²) in [6, 6.07) is 0. The lowest BCUT2D eigenvalue weighted by molar-refractivity contribution is 0.261. The molecule has 0 aromatic rings. The van der Waals surface area contributed by atoms with Gasteiger partial charge in [-0.3, -0.25) is 4.99 Å². The van der Waals surface area contributed by atoms with Crippen molar-refractivity contribution < 1.29 is 8.42 Å². The topological polar surface area (TPSA) is 61.8 Å². The molecule has 1 saturated carbocycles. The van der Waals surface area contributed by atoms with Gasteiger partial charge in [0, 0.05) is 26.2 Å². The Morgan fingerprint density at radius 1 is 1.08 bits per heavy atom. The van der Waals surface area contributed by atoms with Crippen LogP contribution in [0, 0.1) is 17.8 Å². The first-order valence-corrected chi connectivity index (χ1v) is 12.1. The Bertz CT molecular complexity index is 555. The molecule has 0 amide bonds. The third-order valence-corrected chi connectivity index (χ3v) is 7.89. The van der Waals surface area contributed by atoms with Crippen molar-refractivity contribution in [3.63, 3.8) is 0 Å². The Hall–Kier alpha value is -0.780. The van der Waals surface area contributed by atoms with Gasteiger partial charge in [0.1, 0.15) is 0 Å². The molecule has 0 radical (unpaired) electrons. The van der Waals surface area contributed by atoms with E-state index in [0.29, 0.717) is 24.0 Å². The van der Waals surface area contributed by atoms with Crippen molar-refractivity contribution >= 4 is 15.8 Å². The Labute approximate surface area is 153 Å². The van der Waals surface area contributed by atoms with Gasteiger partial charge in [0.05, 0.1) is 11.5 Å². The molecule has 0 spiro atoms. The molecule has 3 aliphatic rings. The summed E-state index contributed by atoms with van der Waals surface area (Å²) in [5, 5.41) is 3.65. The highest BCUT2D eigenvalue weighted by Crippen LogP contribution is 2.23. The van der Waals surface area contributed by atoms with Crippen molar-refractivity contribution in [1.29, 1.82) is 0 Å². The van der Waals surface area contributed by atoms with E-state index in [1.807, 2.05) is 0 Å². The first-order chi connectivity index (χ1) is 12.0. The Morgan fingerprint density at radius 2 is 1.88 bits per heavy atom. The van der Waals surface area contributed by atoms with Crippen molar-refractivity contribution in [1.82, 2.24) is 10.2 Å². The minimum absolute atomic E-state index is 0.207. The standard InChI is InChI=1S/C19H35N3O2S/c1-16-6-5-10-22(14-16)19(20-12-17-7-3-2-4-8-17)21-13-18-9-11-25(23,24)15-18/h16-18H,2-15H2,1H3,(H,20,21). The molecule has 1 N–H and O–H groups in total. The van der Waals surface area contributed by atoms with Gasteiger partial charge in [-0.15, -0.1) is 0 Å². The molecule has 1 aliphatic carbocycles. The molecule has 3 rings (SSSR count). The molecule has 2 unspecified atom stereocenters. The van der Waals surface area contributed by atoms with E-state index in [1.54, 1.807) is 0 Å². The van der Waals surface area contributed by atoms with E-state index in [9.17, 15) is 8.42 Å². The number of hydrogen-bond acceptors (Lipinski definition) is 3. The molecule has 2 aliphatic heterocycles. The van der Waals surface area contributed by atoms with E-state index in [4.69, 9.17) is 4.99 Å². The Balaban J connectivity index is 1.59. The molecule has 25 heavy (non-hydrogen) atoms. The van der Waals surface area contributed by atoms with Crippen molar-refractivity contribution in [3.8, 4) is 0 Å². The van der Waals surface area contributed by atoms with E-state index >= 15 is 0 Å². The monoisotopic (exact) mass is 369 g/mol. The number of hydrogen-bond donors (Lipinski definition) is 1. The summed E-state index contributed by atoms with van der Waals surface area (Å²) in [4.78, 5) is 7.28. The number of sulfone groups is 1. The number of nitrogens with one attached hydrogen (secondary N) is 1.